The fourth-order valence-electron chi connectivity index (χ4n) is 4.53. The van der Waals surface area contributed by atoms with Gasteiger partial charge < -0.3 is 14.5 Å². The summed E-state index contributed by atoms with van der Waals surface area (Å²) in [6, 6.07) is -0.0154. The molecule has 1 aromatic rings. The van der Waals surface area contributed by atoms with Crippen molar-refractivity contribution >= 4 is 11.8 Å². The number of nitrogens with zero attached hydrogens (tertiary/aromatic N) is 4. The molecule has 0 saturated carbocycles. The zero-order valence-corrected chi connectivity index (χ0v) is 16.1. The molecule has 29 heavy (non-hydrogen) atoms. The van der Waals surface area contributed by atoms with Crippen molar-refractivity contribution in [3.05, 3.63) is 18.0 Å². The van der Waals surface area contributed by atoms with Gasteiger partial charge in [-0.15, -0.1) is 0 Å². The van der Waals surface area contributed by atoms with E-state index in [1.165, 1.54) is 4.68 Å². The quantitative estimate of drug-likeness (QED) is 0.746. The molecule has 3 fully saturated rings. The van der Waals surface area contributed by atoms with Gasteiger partial charge in [-0.1, -0.05) is 0 Å². The van der Waals surface area contributed by atoms with E-state index >= 15 is 0 Å². The zero-order chi connectivity index (χ0) is 20.6. The van der Waals surface area contributed by atoms with Crippen LogP contribution in [0.2, 0.25) is 0 Å². The van der Waals surface area contributed by atoms with E-state index < -0.39 is 11.7 Å². The lowest BCUT2D eigenvalue weighted by Crippen LogP contribution is -2.54. The van der Waals surface area contributed by atoms with Crippen LogP contribution in [0.25, 0.3) is 0 Å². The fraction of sp³-hybridized carbons (Fsp3) is 0.737. The van der Waals surface area contributed by atoms with E-state index in [0.29, 0.717) is 39.1 Å². The average molecular weight is 414 g/mol. The number of hydrogen-bond acceptors (Lipinski definition) is 4. The highest BCUT2D eigenvalue weighted by molar-refractivity contribution is 5.81. The molecule has 4 heterocycles. The Morgan fingerprint density at radius 1 is 1.17 bits per heavy atom. The number of carbonyl (C=O) groups is 2. The van der Waals surface area contributed by atoms with Crippen LogP contribution in [0.15, 0.2) is 12.4 Å². The monoisotopic (exact) mass is 414 g/mol. The molecule has 1 aromatic heterocycles. The van der Waals surface area contributed by atoms with Crippen molar-refractivity contribution in [1.82, 2.24) is 19.6 Å². The van der Waals surface area contributed by atoms with Crippen molar-refractivity contribution in [2.75, 3.05) is 32.8 Å². The molecule has 7 nitrogen and oxygen atoms in total. The number of piperidine rings is 2. The number of alkyl halides is 3. The molecular weight excluding hydrogens is 389 g/mol. The lowest BCUT2D eigenvalue weighted by Gasteiger charge is -2.43. The van der Waals surface area contributed by atoms with Crippen molar-refractivity contribution in [3.63, 3.8) is 0 Å². The van der Waals surface area contributed by atoms with E-state index in [-0.39, 0.29) is 36.4 Å². The van der Waals surface area contributed by atoms with Crippen LogP contribution in [0.3, 0.4) is 0 Å². The lowest BCUT2D eigenvalue weighted by molar-refractivity contribution is -0.140. The smallest absolute Gasteiger partial charge is 0.370 e. The van der Waals surface area contributed by atoms with E-state index in [0.717, 1.165) is 31.7 Å². The number of aromatic nitrogens is 2. The maximum absolute atomic E-state index is 12.9. The Balaban J connectivity index is 1.26. The normalized spacial score (nSPS) is 26.5. The molecule has 3 aliphatic rings. The second-order valence-corrected chi connectivity index (χ2v) is 8.25. The number of halogens is 3. The second kappa shape index (κ2) is 7.97. The number of ketones is 1. The third-order valence-corrected chi connectivity index (χ3v) is 6.17. The van der Waals surface area contributed by atoms with Crippen LogP contribution in [-0.2, 0) is 22.3 Å². The molecule has 10 heteroatoms. The Labute approximate surface area is 166 Å². The highest BCUT2D eigenvalue weighted by atomic mass is 19.4. The number of fused-ring (bicyclic) bond motifs is 1. The van der Waals surface area contributed by atoms with Gasteiger partial charge in [0.1, 0.15) is 6.61 Å². The molecule has 0 spiro atoms. The van der Waals surface area contributed by atoms with Crippen LogP contribution in [0, 0.1) is 11.8 Å². The summed E-state index contributed by atoms with van der Waals surface area (Å²) in [7, 11) is 0. The van der Waals surface area contributed by atoms with Gasteiger partial charge in [-0.25, -0.2) is 4.79 Å². The summed E-state index contributed by atoms with van der Waals surface area (Å²) in [5, 5.41) is 3.82. The van der Waals surface area contributed by atoms with Crippen LogP contribution in [0.1, 0.15) is 31.2 Å². The average Bonchev–Trinajstić information content (AvgIpc) is 3.16. The number of likely N-dealkylation sites (tertiary alicyclic amines) is 2. The minimum Gasteiger partial charge on any atom is -0.370 e. The summed E-state index contributed by atoms with van der Waals surface area (Å²) in [5.74, 6) is 0.359. The van der Waals surface area contributed by atoms with Gasteiger partial charge in [-0.05, 0) is 25.2 Å². The van der Waals surface area contributed by atoms with E-state index in [1.807, 2.05) is 9.80 Å². The highest BCUT2D eigenvalue weighted by Gasteiger charge is 2.38. The van der Waals surface area contributed by atoms with Crippen molar-refractivity contribution in [2.45, 2.75) is 44.5 Å². The van der Waals surface area contributed by atoms with E-state index in [9.17, 15) is 22.8 Å². The largest absolute Gasteiger partial charge is 0.419 e. The Kier molecular flexibility index (Phi) is 5.54. The molecule has 160 valence electrons. The number of Topliss-reactive ketones (excluding diaryl/α,β-unsaturated/α-hetero) is 1. The molecule has 0 unspecified atom stereocenters. The summed E-state index contributed by atoms with van der Waals surface area (Å²) < 4.78 is 45.0. The molecule has 4 rings (SSSR count). The molecule has 0 N–H and O–H groups in total. The van der Waals surface area contributed by atoms with Crippen LogP contribution in [-0.4, -0.2) is 70.3 Å². The van der Waals surface area contributed by atoms with Crippen LogP contribution >= 0.6 is 0 Å². The van der Waals surface area contributed by atoms with Gasteiger partial charge in [0.2, 0.25) is 0 Å². The number of ether oxygens (including phenoxy) is 1. The molecule has 0 radical (unpaired) electrons. The predicted molar refractivity (Wildman–Crippen MR) is 96.0 cm³/mol. The standard InChI is InChI=1S/C19H25F3N4O3/c20-19(21,22)15-8-23-26(11-15)9-13-1-4-24(5-2-13)18(28)25-6-3-17-14(10-25)7-16(27)12-29-17/h8,11,13-14,17H,1-7,9-10,12H2/t14-,17+/m1/s1. The predicted octanol–water partition coefficient (Wildman–Crippen LogP) is 2.41. The number of hydrogen-bond donors (Lipinski definition) is 0. The molecule has 2 atom stereocenters. The van der Waals surface area contributed by atoms with Crippen molar-refractivity contribution < 1.29 is 27.5 Å². The van der Waals surface area contributed by atoms with E-state index in [1.54, 1.807) is 0 Å². The minimum atomic E-state index is -4.38. The third kappa shape index (κ3) is 4.57. The molecule has 3 aliphatic heterocycles. The molecule has 3 saturated heterocycles. The van der Waals surface area contributed by atoms with Gasteiger partial charge in [0.25, 0.3) is 0 Å². The number of urea groups is 1. The Morgan fingerprint density at radius 3 is 2.59 bits per heavy atom. The molecule has 0 aromatic carbocycles. The van der Waals surface area contributed by atoms with Crippen molar-refractivity contribution in [1.29, 1.82) is 0 Å². The number of amides is 2. The minimum absolute atomic E-state index is 0.0154. The van der Waals surface area contributed by atoms with Crippen LogP contribution in [0.5, 0.6) is 0 Å². The molecule has 2 amide bonds. The third-order valence-electron chi connectivity index (χ3n) is 6.17. The van der Waals surface area contributed by atoms with Gasteiger partial charge in [0, 0.05) is 51.3 Å². The zero-order valence-electron chi connectivity index (χ0n) is 16.1. The van der Waals surface area contributed by atoms with Gasteiger partial charge in [-0.3, -0.25) is 9.48 Å². The fourth-order valence-corrected chi connectivity index (χ4v) is 4.53. The summed E-state index contributed by atoms with van der Waals surface area (Å²) in [6.07, 6.45) is 0.259. The first kappa shape index (κ1) is 20.2. The molecule has 0 aliphatic carbocycles. The number of rotatable bonds is 2. The first-order chi connectivity index (χ1) is 13.8. The first-order valence-corrected chi connectivity index (χ1v) is 10.1. The topological polar surface area (TPSA) is 67.7 Å². The van der Waals surface area contributed by atoms with Crippen molar-refractivity contribution in [3.8, 4) is 0 Å². The Bertz CT molecular complexity index is 758. The van der Waals surface area contributed by atoms with Crippen LogP contribution < -0.4 is 0 Å². The van der Waals surface area contributed by atoms with Gasteiger partial charge in [0.15, 0.2) is 5.78 Å². The second-order valence-electron chi connectivity index (χ2n) is 8.25. The molecular formula is C19H25F3N4O3. The maximum atomic E-state index is 12.9. The Morgan fingerprint density at radius 2 is 1.90 bits per heavy atom. The number of carbonyl (C=O) groups excluding carboxylic acids is 2. The first-order valence-electron chi connectivity index (χ1n) is 10.1. The van der Waals surface area contributed by atoms with Crippen LogP contribution in [0.4, 0.5) is 18.0 Å². The van der Waals surface area contributed by atoms with E-state index in [2.05, 4.69) is 5.10 Å². The summed E-state index contributed by atoms with van der Waals surface area (Å²) in [6.45, 7) is 2.94. The van der Waals surface area contributed by atoms with Gasteiger partial charge in [-0.2, -0.15) is 18.3 Å². The van der Waals surface area contributed by atoms with Gasteiger partial charge in [0.05, 0.1) is 17.9 Å². The Hall–Kier alpha value is -2.10. The van der Waals surface area contributed by atoms with Gasteiger partial charge >= 0.3 is 12.2 Å². The highest BCUT2D eigenvalue weighted by Crippen LogP contribution is 2.30. The van der Waals surface area contributed by atoms with Crippen molar-refractivity contribution in [2.24, 2.45) is 11.8 Å². The SMILES string of the molecule is O=C1CO[C@H]2CCN(C(=O)N3CCC(Cn4cc(C(F)(F)F)cn4)CC3)C[C@H]2C1. The molecule has 0 bridgehead atoms. The summed E-state index contributed by atoms with van der Waals surface area (Å²) in [5.41, 5.74) is -0.737. The van der Waals surface area contributed by atoms with E-state index in [4.69, 9.17) is 4.74 Å². The summed E-state index contributed by atoms with van der Waals surface area (Å²) >= 11 is 0. The summed E-state index contributed by atoms with van der Waals surface area (Å²) in [4.78, 5) is 28.1. The lowest BCUT2D eigenvalue weighted by atomic mass is 9.88. The maximum Gasteiger partial charge on any atom is 0.419 e.